The SMILES string of the molecule is c1cc2c(cc1NCC1CCCN1)CCO2. The van der Waals surface area contributed by atoms with Crippen LogP contribution < -0.4 is 15.4 Å². The quantitative estimate of drug-likeness (QED) is 0.811. The van der Waals surface area contributed by atoms with Gasteiger partial charge in [0.2, 0.25) is 0 Å². The number of anilines is 1. The topological polar surface area (TPSA) is 33.3 Å². The number of hydrogen-bond donors (Lipinski definition) is 2. The Hall–Kier alpha value is -1.22. The van der Waals surface area contributed by atoms with E-state index in [2.05, 4.69) is 28.8 Å². The lowest BCUT2D eigenvalue weighted by Crippen LogP contribution is -2.29. The number of fused-ring (bicyclic) bond motifs is 1. The number of rotatable bonds is 3. The highest BCUT2D eigenvalue weighted by Crippen LogP contribution is 2.27. The van der Waals surface area contributed by atoms with Gasteiger partial charge in [-0.2, -0.15) is 0 Å². The summed E-state index contributed by atoms with van der Waals surface area (Å²) in [5.74, 6) is 1.06. The molecule has 0 aliphatic carbocycles. The van der Waals surface area contributed by atoms with Crippen molar-refractivity contribution < 1.29 is 4.74 Å². The van der Waals surface area contributed by atoms with Crippen LogP contribution in [0.5, 0.6) is 5.75 Å². The summed E-state index contributed by atoms with van der Waals surface area (Å²) in [5.41, 5.74) is 2.56. The lowest BCUT2D eigenvalue weighted by molar-refractivity contribution is 0.357. The minimum Gasteiger partial charge on any atom is -0.493 e. The van der Waals surface area contributed by atoms with E-state index in [9.17, 15) is 0 Å². The van der Waals surface area contributed by atoms with Crippen molar-refractivity contribution in [2.24, 2.45) is 0 Å². The molecule has 1 fully saturated rings. The van der Waals surface area contributed by atoms with E-state index < -0.39 is 0 Å². The van der Waals surface area contributed by atoms with Gasteiger partial charge < -0.3 is 15.4 Å². The van der Waals surface area contributed by atoms with Gasteiger partial charge in [-0.3, -0.25) is 0 Å². The average Bonchev–Trinajstić information content (AvgIpc) is 2.97. The Labute approximate surface area is 96.2 Å². The summed E-state index contributed by atoms with van der Waals surface area (Å²) in [5, 5.41) is 6.99. The second-order valence-corrected chi connectivity index (χ2v) is 4.60. The molecule has 0 saturated carbocycles. The van der Waals surface area contributed by atoms with Crippen LogP contribution in [0.1, 0.15) is 18.4 Å². The zero-order valence-electron chi connectivity index (χ0n) is 9.46. The lowest BCUT2D eigenvalue weighted by Gasteiger charge is -2.13. The summed E-state index contributed by atoms with van der Waals surface area (Å²) in [6, 6.07) is 7.05. The van der Waals surface area contributed by atoms with Crippen molar-refractivity contribution in [2.75, 3.05) is 25.0 Å². The first-order chi connectivity index (χ1) is 7.92. The molecule has 1 aromatic carbocycles. The molecule has 0 bridgehead atoms. The standard InChI is InChI=1S/C13H18N2O/c1-2-12(14-6-1)9-15-11-3-4-13-10(8-11)5-7-16-13/h3-4,8,12,14-15H,1-2,5-7,9H2. The molecule has 1 aromatic rings. The largest absolute Gasteiger partial charge is 0.493 e. The minimum atomic E-state index is 0.643. The Bertz CT molecular complexity index is 372. The summed E-state index contributed by atoms with van der Waals surface area (Å²) >= 11 is 0. The molecule has 2 aliphatic rings. The van der Waals surface area contributed by atoms with Gasteiger partial charge in [-0.15, -0.1) is 0 Å². The lowest BCUT2D eigenvalue weighted by atomic mass is 10.1. The zero-order chi connectivity index (χ0) is 10.8. The normalized spacial score (nSPS) is 22.9. The predicted octanol–water partition coefficient (Wildman–Crippen LogP) is 1.79. The number of benzene rings is 1. The molecule has 0 radical (unpaired) electrons. The van der Waals surface area contributed by atoms with Crippen molar-refractivity contribution in [3.63, 3.8) is 0 Å². The molecule has 86 valence electrons. The molecule has 0 amide bonds. The van der Waals surface area contributed by atoms with Gasteiger partial charge in [0.25, 0.3) is 0 Å². The van der Waals surface area contributed by atoms with Crippen LogP contribution in [0, 0.1) is 0 Å². The molecule has 2 aliphatic heterocycles. The second-order valence-electron chi connectivity index (χ2n) is 4.60. The van der Waals surface area contributed by atoms with Gasteiger partial charge in [-0.1, -0.05) is 0 Å². The molecule has 1 saturated heterocycles. The van der Waals surface area contributed by atoms with Crippen LogP contribution in [0.15, 0.2) is 18.2 Å². The van der Waals surface area contributed by atoms with Crippen LogP contribution in [-0.4, -0.2) is 25.7 Å². The Kier molecular flexibility index (Phi) is 2.70. The molecule has 0 aromatic heterocycles. The van der Waals surface area contributed by atoms with Crippen LogP contribution in [0.25, 0.3) is 0 Å². The molecule has 3 rings (SSSR count). The van der Waals surface area contributed by atoms with Crippen molar-refractivity contribution in [3.8, 4) is 5.75 Å². The van der Waals surface area contributed by atoms with Crippen LogP contribution in [-0.2, 0) is 6.42 Å². The monoisotopic (exact) mass is 218 g/mol. The van der Waals surface area contributed by atoms with E-state index in [1.165, 1.54) is 30.6 Å². The third-order valence-corrected chi connectivity index (χ3v) is 3.40. The van der Waals surface area contributed by atoms with Crippen LogP contribution in [0.3, 0.4) is 0 Å². The fourth-order valence-electron chi connectivity index (χ4n) is 2.47. The van der Waals surface area contributed by atoms with Crippen molar-refractivity contribution in [3.05, 3.63) is 23.8 Å². The van der Waals surface area contributed by atoms with E-state index in [4.69, 9.17) is 4.74 Å². The molecule has 16 heavy (non-hydrogen) atoms. The highest BCUT2D eigenvalue weighted by molar-refractivity contribution is 5.52. The first kappa shape index (κ1) is 9.97. The van der Waals surface area contributed by atoms with Gasteiger partial charge in [0.05, 0.1) is 6.61 Å². The molecule has 2 heterocycles. The first-order valence-electron chi connectivity index (χ1n) is 6.15. The van der Waals surface area contributed by atoms with E-state index in [1.54, 1.807) is 0 Å². The number of nitrogens with one attached hydrogen (secondary N) is 2. The van der Waals surface area contributed by atoms with E-state index >= 15 is 0 Å². The summed E-state index contributed by atoms with van der Waals surface area (Å²) in [4.78, 5) is 0. The summed E-state index contributed by atoms with van der Waals surface area (Å²) in [6.07, 6.45) is 3.65. The Morgan fingerprint density at radius 1 is 1.44 bits per heavy atom. The van der Waals surface area contributed by atoms with Gasteiger partial charge in [-0.25, -0.2) is 0 Å². The van der Waals surface area contributed by atoms with E-state index in [-0.39, 0.29) is 0 Å². The fourth-order valence-corrected chi connectivity index (χ4v) is 2.47. The first-order valence-corrected chi connectivity index (χ1v) is 6.15. The van der Waals surface area contributed by atoms with Crippen molar-refractivity contribution in [2.45, 2.75) is 25.3 Å². The minimum absolute atomic E-state index is 0.643. The van der Waals surface area contributed by atoms with Gasteiger partial charge in [0.15, 0.2) is 0 Å². The molecule has 1 unspecified atom stereocenters. The Morgan fingerprint density at radius 2 is 2.44 bits per heavy atom. The average molecular weight is 218 g/mol. The Morgan fingerprint density at radius 3 is 3.31 bits per heavy atom. The van der Waals surface area contributed by atoms with E-state index in [0.717, 1.165) is 25.3 Å². The highest BCUT2D eigenvalue weighted by atomic mass is 16.5. The molecule has 3 nitrogen and oxygen atoms in total. The van der Waals surface area contributed by atoms with Crippen molar-refractivity contribution in [1.29, 1.82) is 0 Å². The summed E-state index contributed by atoms with van der Waals surface area (Å²) in [6.45, 7) is 3.03. The summed E-state index contributed by atoms with van der Waals surface area (Å²) in [7, 11) is 0. The van der Waals surface area contributed by atoms with Gasteiger partial charge in [0, 0.05) is 24.7 Å². The Balaban J connectivity index is 1.61. The third kappa shape index (κ3) is 2.00. The van der Waals surface area contributed by atoms with Gasteiger partial charge in [0.1, 0.15) is 5.75 Å². The maximum Gasteiger partial charge on any atom is 0.122 e. The predicted molar refractivity (Wildman–Crippen MR) is 65.2 cm³/mol. The molecular weight excluding hydrogens is 200 g/mol. The van der Waals surface area contributed by atoms with Crippen LogP contribution in [0.4, 0.5) is 5.69 Å². The van der Waals surface area contributed by atoms with Crippen molar-refractivity contribution >= 4 is 5.69 Å². The molecule has 0 spiro atoms. The van der Waals surface area contributed by atoms with E-state index in [0.29, 0.717) is 6.04 Å². The van der Waals surface area contributed by atoms with Crippen LogP contribution in [0.2, 0.25) is 0 Å². The second kappa shape index (κ2) is 4.34. The molecule has 3 heteroatoms. The smallest absolute Gasteiger partial charge is 0.122 e. The van der Waals surface area contributed by atoms with Crippen molar-refractivity contribution in [1.82, 2.24) is 5.32 Å². The third-order valence-electron chi connectivity index (χ3n) is 3.40. The van der Waals surface area contributed by atoms with E-state index in [1.807, 2.05) is 0 Å². The van der Waals surface area contributed by atoms with Gasteiger partial charge >= 0.3 is 0 Å². The number of hydrogen-bond acceptors (Lipinski definition) is 3. The maximum absolute atomic E-state index is 5.49. The number of ether oxygens (including phenoxy) is 1. The van der Waals surface area contributed by atoms with Gasteiger partial charge in [-0.05, 0) is 43.1 Å². The molecule has 2 N–H and O–H groups in total. The molecular formula is C13H18N2O. The maximum atomic E-state index is 5.49. The summed E-state index contributed by atoms with van der Waals surface area (Å²) < 4.78 is 5.49. The molecule has 1 atom stereocenters. The van der Waals surface area contributed by atoms with Crippen LogP contribution >= 0.6 is 0 Å². The zero-order valence-corrected chi connectivity index (χ0v) is 9.46. The highest BCUT2D eigenvalue weighted by Gasteiger charge is 2.15. The fraction of sp³-hybridized carbons (Fsp3) is 0.538.